The number of sulfonamides is 1. The van der Waals surface area contributed by atoms with Gasteiger partial charge in [-0.3, -0.25) is 0 Å². The van der Waals surface area contributed by atoms with Crippen molar-refractivity contribution in [2.45, 2.75) is 6.04 Å². The Morgan fingerprint density at radius 2 is 1.68 bits per heavy atom. The van der Waals surface area contributed by atoms with Crippen LogP contribution in [0.5, 0.6) is 0 Å². The van der Waals surface area contributed by atoms with Gasteiger partial charge >= 0.3 is 0 Å². The molecule has 2 N–H and O–H groups in total. The Bertz CT molecular complexity index is 595. The average molecular weight is 307 g/mol. The normalized spacial score (nSPS) is 14.2. The Labute approximate surface area is 113 Å². The zero-order valence-corrected chi connectivity index (χ0v) is 12.1. The van der Waals surface area contributed by atoms with Crippen molar-refractivity contribution in [3.05, 3.63) is 35.9 Å². The second kappa shape index (κ2) is 6.47. The lowest BCUT2D eigenvalue weighted by atomic mass is 10.1. The number of hydrogen-bond donors (Lipinski definition) is 2. The number of benzene rings is 1. The summed E-state index contributed by atoms with van der Waals surface area (Å²) < 4.78 is 47.7. The van der Waals surface area contributed by atoms with Crippen LogP contribution in [0.4, 0.5) is 0 Å². The monoisotopic (exact) mass is 307 g/mol. The molecule has 0 radical (unpaired) electrons. The van der Waals surface area contributed by atoms with Crippen molar-refractivity contribution in [2.24, 2.45) is 0 Å². The third-order valence-electron chi connectivity index (χ3n) is 2.43. The summed E-state index contributed by atoms with van der Waals surface area (Å²) in [6.07, 6.45) is 0.975. The number of nitrogens with one attached hydrogen (secondary N) is 1. The van der Waals surface area contributed by atoms with Crippen molar-refractivity contribution in [2.75, 3.05) is 24.4 Å². The van der Waals surface area contributed by atoms with Crippen LogP contribution in [0.3, 0.4) is 0 Å². The van der Waals surface area contributed by atoms with Crippen molar-refractivity contribution in [3.63, 3.8) is 0 Å². The van der Waals surface area contributed by atoms with Crippen LogP contribution in [-0.2, 0) is 19.9 Å². The van der Waals surface area contributed by atoms with E-state index in [0.29, 0.717) is 5.56 Å². The fraction of sp³-hybridized carbons (Fsp3) is 0.455. The van der Waals surface area contributed by atoms with Crippen LogP contribution in [0.25, 0.3) is 0 Å². The maximum Gasteiger partial charge on any atom is 0.213 e. The molecule has 6 nitrogen and oxygen atoms in total. The molecule has 0 saturated carbocycles. The van der Waals surface area contributed by atoms with Crippen LogP contribution >= 0.6 is 0 Å². The molecule has 0 aliphatic carbocycles. The molecule has 0 heterocycles. The molecule has 108 valence electrons. The van der Waals surface area contributed by atoms with Gasteiger partial charge < -0.3 is 5.11 Å². The van der Waals surface area contributed by atoms with Gasteiger partial charge in [0, 0.05) is 6.26 Å². The molecule has 0 aliphatic rings. The number of hydrogen-bond acceptors (Lipinski definition) is 5. The molecule has 1 aromatic rings. The van der Waals surface area contributed by atoms with Crippen molar-refractivity contribution in [1.29, 1.82) is 0 Å². The summed E-state index contributed by atoms with van der Waals surface area (Å²) in [7, 11) is -7.11. The second-order valence-electron chi connectivity index (χ2n) is 4.21. The van der Waals surface area contributed by atoms with Gasteiger partial charge in [0.25, 0.3) is 0 Å². The van der Waals surface area contributed by atoms with Crippen LogP contribution in [0.15, 0.2) is 30.3 Å². The van der Waals surface area contributed by atoms with E-state index in [0.717, 1.165) is 6.26 Å². The molecule has 1 aromatic carbocycles. The lowest BCUT2D eigenvalue weighted by Gasteiger charge is -2.16. The summed E-state index contributed by atoms with van der Waals surface area (Å²) in [4.78, 5) is 0. The molecule has 0 aromatic heterocycles. The molecule has 1 atom stereocenters. The standard InChI is InChI=1S/C11H17NO5S2/c1-18(14,15)7-8-19(16,17)12-11(9-13)10-5-3-2-4-6-10/h2-6,11-13H,7-9H2,1H3/t11-/m1/s1. The van der Waals surface area contributed by atoms with Gasteiger partial charge in [-0.25, -0.2) is 21.6 Å². The van der Waals surface area contributed by atoms with Gasteiger partial charge in [0.05, 0.1) is 24.2 Å². The zero-order valence-electron chi connectivity index (χ0n) is 10.5. The van der Waals surface area contributed by atoms with E-state index in [1.165, 1.54) is 0 Å². The Hall–Kier alpha value is -0.960. The smallest absolute Gasteiger partial charge is 0.213 e. The number of rotatable bonds is 7. The summed E-state index contributed by atoms with van der Waals surface area (Å²) in [5.74, 6) is -0.968. The minimum atomic E-state index is -3.76. The second-order valence-corrected chi connectivity index (χ2v) is 8.35. The van der Waals surface area contributed by atoms with E-state index < -0.39 is 44.0 Å². The highest BCUT2D eigenvalue weighted by Crippen LogP contribution is 2.12. The van der Waals surface area contributed by atoms with E-state index in [1.807, 2.05) is 0 Å². The van der Waals surface area contributed by atoms with Crippen LogP contribution in [0, 0.1) is 0 Å². The van der Waals surface area contributed by atoms with Crippen molar-refractivity contribution >= 4 is 19.9 Å². The first-order chi connectivity index (χ1) is 8.73. The van der Waals surface area contributed by atoms with Gasteiger partial charge in [0.2, 0.25) is 10.0 Å². The molecule has 0 unspecified atom stereocenters. The number of aliphatic hydroxyl groups is 1. The van der Waals surface area contributed by atoms with Gasteiger partial charge in [0.1, 0.15) is 9.84 Å². The summed E-state index contributed by atoms with van der Waals surface area (Å²) >= 11 is 0. The minimum absolute atomic E-state index is 0.401. The molecular weight excluding hydrogens is 290 g/mol. The third-order valence-corrected chi connectivity index (χ3v) is 5.02. The lowest BCUT2D eigenvalue weighted by Crippen LogP contribution is -2.34. The van der Waals surface area contributed by atoms with Gasteiger partial charge in [0.15, 0.2) is 0 Å². The summed E-state index contributed by atoms with van der Waals surface area (Å²) in [6.45, 7) is -0.401. The molecular formula is C11H17NO5S2. The van der Waals surface area contributed by atoms with Crippen LogP contribution in [-0.4, -0.2) is 46.3 Å². The molecule has 0 saturated heterocycles. The highest BCUT2D eigenvalue weighted by Gasteiger charge is 2.20. The fourth-order valence-electron chi connectivity index (χ4n) is 1.43. The first-order valence-electron chi connectivity index (χ1n) is 5.57. The third kappa shape index (κ3) is 6.15. The van der Waals surface area contributed by atoms with Gasteiger partial charge in [-0.15, -0.1) is 0 Å². The first kappa shape index (κ1) is 16.1. The van der Waals surface area contributed by atoms with E-state index in [-0.39, 0.29) is 0 Å². The Balaban J connectivity index is 2.76. The molecule has 8 heteroatoms. The van der Waals surface area contributed by atoms with E-state index in [4.69, 9.17) is 0 Å². The minimum Gasteiger partial charge on any atom is -0.394 e. The number of aliphatic hydroxyl groups excluding tert-OH is 1. The maximum absolute atomic E-state index is 11.7. The summed E-state index contributed by atoms with van der Waals surface area (Å²) in [6, 6.07) is 7.81. The van der Waals surface area contributed by atoms with Crippen LogP contribution < -0.4 is 4.72 Å². The predicted molar refractivity (Wildman–Crippen MR) is 72.9 cm³/mol. The molecule has 0 bridgehead atoms. The highest BCUT2D eigenvalue weighted by atomic mass is 32.2. The van der Waals surface area contributed by atoms with Gasteiger partial charge in [-0.05, 0) is 5.56 Å². The zero-order chi connectivity index (χ0) is 14.5. The van der Waals surface area contributed by atoms with Crippen molar-refractivity contribution < 1.29 is 21.9 Å². The Kier molecular flexibility index (Phi) is 5.48. The van der Waals surface area contributed by atoms with Crippen molar-refractivity contribution in [3.8, 4) is 0 Å². The maximum atomic E-state index is 11.7. The summed E-state index contributed by atoms with van der Waals surface area (Å²) in [5.41, 5.74) is 0.618. The van der Waals surface area contributed by atoms with Crippen LogP contribution in [0.2, 0.25) is 0 Å². The van der Waals surface area contributed by atoms with Gasteiger partial charge in [-0.1, -0.05) is 30.3 Å². The Morgan fingerprint density at radius 1 is 1.11 bits per heavy atom. The molecule has 0 spiro atoms. The first-order valence-corrected chi connectivity index (χ1v) is 9.28. The predicted octanol–water partition coefficient (Wildman–Crippen LogP) is -0.316. The lowest BCUT2D eigenvalue weighted by molar-refractivity contribution is 0.259. The average Bonchev–Trinajstić information content (AvgIpc) is 2.34. The van der Waals surface area contributed by atoms with E-state index in [1.54, 1.807) is 30.3 Å². The Morgan fingerprint density at radius 3 is 2.16 bits per heavy atom. The largest absolute Gasteiger partial charge is 0.394 e. The van der Waals surface area contributed by atoms with Crippen molar-refractivity contribution in [1.82, 2.24) is 4.72 Å². The molecule has 1 rings (SSSR count). The SMILES string of the molecule is CS(=O)(=O)CCS(=O)(=O)N[C@H](CO)c1ccccc1. The summed E-state index contributed by atoms with van der Waals surface area (Å²) in [5, 5.41) is 9.23. The van der Waals surface area contributed by atoms with Crippen LogP contribution in [0.1, 0.15) is 11.6 Å². The molecule has 0 fully saturated rings. The van der Waals surface area contributed by atoms with E-state index in [2.05, 4.69) is 4.72 Å². The molecule has 19 heavy (non-hydrogen) atoms. The van der Waals surface area contributed by atoms with Gasteiger partial charge in [-0.2, -0.15) is 0 Å². The molecule has 0 aliphatic heterocycles. The van der Waals surface area contributed by atoms with E-state index in [9.17, 15) is 21.9 Å². The fourth-order valence-corrected chi connectivity index (χ4v) is 4.28. The quantitative estimate of drug-likeness (QED) is 0.719. The molecule has 0 amide bonds. The number of sulfone groups is 1. The van der Waals surface area contributed by atoms with E-state index >= 15 is 0 Å². The topological polar surface area (TPSA) is 101 Å². The highest BCUT2D eigenvalue weighted by molar-refractivity contribution is 7.93.